The first-order valence-electron chi connectivity index (χ1n) is 13.6. The van der Waals surface area contributed by atoms with E-state index < -0.39 is 5.92 Å². The number of carbonyl (C=O) groups excluding carboxylic acids is 2. The second-order valence-electron chi connectivity index (χ2n) is 10.5. The Bertz CT molecular complexity index is 1150. The minimum Gasteiger partial charge on any atom is -0.490 e. The summed E-state index contributed by atoms with van der Waals surface area (Å²) in [7, 11) is 0. The lowest BCUT2D eigenvalue weighted by molar-refractivity contribution is -0.125. The van der Waals surface area contributed by atoms with Crippen molar-refractivity contribution in [3.63, 3.8) is 0 Å². The number of amides is 2. The van der Waals surface area contributed by atoms with Crippen LogP contribution in [0, 0.1) is 11.8 Å². The van der Waals surface area contributed by atoms with Crippen LogP contribution in [-0.4, -0.2) is 42.5 Å². The summed E-state index contributed by atoms with van der Waals surface area (Å²) in [6.07, 6.45) is 4.06. The molecule has 0 spiro atoms. The predicted molar refractivity (Wildman–Crippen MR) is 140 cm³/mol. The normalized spacial score (nSPS) is 26.9. The smallest absolute Gasteiger partial charge is 0.254 e. The van der Waals surface area contributed by atoms with Gasteiger partial charge in [0.05, 0.1) is 25.2 Å². The molecule has 3 aliphatic rings. The van der Waals surface area contributed by atoms with E-state index in [4.69, 9.17) is 9.47 Å². The number of hydrogen-bond acceptors (Lipinski definition) is 4. The maximum Gasteiger partial charge on any atom is 0.254 e. The Morgan fingerprint density at radius 2 is 1.75 bits per heavy atom. The van der Waals surface area contributed by atoms with Gasteiger partial charge in [0.2, 0.25) is 5.91 Å². The fourth-order valence-corrected chi connectivity index (χ4v) is 6.41. The molecule has 0 bridgehead atoms. The number of benzene rings is 2. The van der Waals surface area contributed by atoms with Crippen molar-refractivity contribution >= 4 is 11.8 Å². The van der Waals surface area contributed by atoms with Crippen molar-refractivity contribution in [3.8, 4) is 11.5 Å². The number of carbonyl (C=O) groups is 2. The van der Waals surface area contributed by atoms with Crippen LogP contribution in [0.1, 0.15) is 86.0 Å². The quantitative estimate of drug-likeness (QED) is 0.600. The van der Waals surface area contributed by atoms with Gasteiger partial charge in [0.15, 0.2) is 11.5 Å². The molecule has 0 unspecified atom stereocenters. The highest BCUT2D eigenvalue weighted by molar-refractivity contribution is 6.01. The van der Waals surface area contributed by atoms with Gasteiger partial charge in [0, 0.05) is 18.2 Å². The fraction of sp³-hybridized carbons (Fsp3) is 0.533. The maximum atomic E-state index is 14.1. The molecular formula is C30H38N2O4. The maximum absolute atomic E-state index is 14.1. The van der Waals surface area contributed by atoms with E-state index in [2.05, 4.69) is 19.2 Å². The second kappa shape index (κ2) is 10.2. The zero-order valence-electron chi connectivity index (χ0n) is 21.9. The van der Waals surface area contributed by atoms with Crippen molar-refractivity contribution in [2.24, 2.45) is 11.8 Å². The van der Waals surface area contributed by atoms with Crippen molar-refractivity contribution in [2.75, 3.05) is 19.8 Å². The molecule has 2 heterocycles. The first-order chi connectivity index (χ1) is 17.4. The van der Waals surface area contributed by atoms with Gasteiger partial charge in [-0.3, -0.25) is 9.59 Å². The van der Waals surface area contributed by atoms with Crippen LogP contribution in [0.15, 0.2) is 36.4 Å². The molecule has 5 rings (SSSR count). The van der Waals surface area contributed by atoms with Crippen LogP contribution in [0.4, 0.5) is 0 Å². The lowest BCUT2D eigenvalue weighted by atomic mass is 9.74. The molecule has 6 heteroatoms. The molecule has 0 radical (unpaired) electrons. The van der Waals surface area contributed by atoms with Crippen molar-refractivity contribution in [1.82, 2.24) is 10.2 Å². The average molecular weight is 491 g/mol. The Labute approximate surface area is 214 Å². The monoisotopic (exact) mass is 490 g/mol. The molecule has 192 valence electrons. The number of hydrogen-bond donors (Lipinski definition) is 1. The number of nitrogens with zero attached hydrogens (tertiary/aromatic N) is 1. The standard InChI is InChI=1S/C30H38N2O4/c1-5-35-25-16-20-14-15-32-28(23(20)17-26(25)36-6-2)27(21-11-7-8-12-22(21)30(32)34)29(33)31-24-13-9-10-18(3)19(24)4/h7-8,11-12,16-19,24,27-28H,5-6,9-10,13-15H2,1-4H3,(H,31,33)/t18-,19-,24+,27+,28+/m0/s1. The van der Waals surface area contributed by atoms with Crippen LogP contribution in [0.25, 0.3) is 0 Å². The van der Waals surface area contributed by atoms with Crippen LogP contribution >= 0.6 is 0 Å². The Balaban J connectivity index is 1.59. The molecule has 1 fully saturated rings. The highest BCUT2D eigenvalue weighted by Crippen LogP contribution is 2.48. The molecule has 2 aromatic carbocycles. The first kappa shape index (κ1) is 24.7. The molecule has 1 aliphatic carbocycles. The molecule has 0 saturated heterocycles. The molecule has 2 aliphatic heterocycles. The summed E-state index contributed by atoms with van der Waals surface area (Å²) in [6, 6.07) is 11.5. The molecule has 1 N–H and O–H groups in total. The van der Waals surface area contributed by atoms with Crippen LogP contribution < -0.4 is 14.8 Å². The molecule has 36 heavy (non-hydrogen) atoms. The molecule has 5 atom stereocenters. The summed E-state index contributed by atoms with van der Waals surface area (Å²) in [5.74, 6) is 1.93. The number of fused-ring (bicyclic) bond motifs is 4. The summed E-state index contributed by atoms with van der Waals surface area (Å²) < 4.78 is 11.8. The van der Waals surface area contributed by atoms with Crippen molar-refractivity contribution in [2.45, 2.75) is 71.4 Å². The minimum atomic E-state index is -0.477. The lowest BCUT2D eigenvalue weighted by Gasteiger charge is -2.46. The van der Waals surface area contributed by atoms with E-state index in [0.717, 1.165) is 41.7 Å². The number of nitrogens with one attached hydrogen (secondary N) is 1. The first-order valence-corrected chi connectivity index (χ1v) is 13.6. The predicted octanol–water partition coefficient (Wildman–Crippen LogP) is 5.26. The van der Waals surface area contributed by atoms with Crippen LogP contribution in [0.5, 0.6) is 11.5 Å². The Morgan fingerprint density at radius 1 is 1.03 bits per heavy atom. The van der Waals surface area contributed by atoms with Crippen molar-refractivity contribution in [1.29, 1.82) is 0 Å². The van der Waals surface area contributed by atoms with E-state index in [0.29, 0.717) is 42.9 Å². The third-order valence-electron chi connectivity index (χ3n) is 8.50. The fourth-order valence-electron chi connectivity index (χ4n) is 6.41. The van der Waals surface area contributed by atoms with E-state index in [1.165, 1.54) is 6.42 Å². The van der Waals surface area contributed by atoms with Crippen molar-refractivity contribution in [3.05, 3.63) is 58.7 Å². The average Bonchev–Trinajstić information content (AvgIpc) is 2.87. The Morgan fingerprint density at radius 3 is 2.50 bits per heavy atom. The molecule has 2 aromatic rings. The summed E-state index contributed by atoms with van der Waals surface area (Å²) in [6.45, 7) is 10.1. The van der Waals surface area contributed by atoms with Gasteiger partial charge in [-0.05, 0) is 73.4 Å². The Kier molecular flexibility index (Phi) is 6.96. The molecular weight excluding hydrogens is 452 g/mol. The summed E-state index contributed by atoms with van der Waals surface area (Å²) >= 11 is 0. The van der Waals surface area contributed by atoms with Gasteiger partial charge >= 0.3 is 0 Å². The number of ether oxygens (including phenoxy) is 2. The number of rotatable bonds is 6. The molecule has 0 aromatic heterocycles. The van der Waals surface area contributed by atoms with Gasteiger partial charge in [0.25, 0.3) is 5.91 Å². The largest absolute Gasteiger partial charge is 0.490 e. The Hall–Kier alpha value is -3.02. The van der Waals surface area contributed by atoms with E-state index in [-0.39, 0.29) is 23.9 Å². The third-order valence-corrected chi connectivity index (χ3v) is 8.50. The SMILES string of the molecule is CCOc1cc2c(cc1OCC)[C@@H]1[C@H](C(=O)N[C@@H]3CCC[C@H](C)[C@@H]3C)c3ccccc3C(=O)N1CC2. The lowest BCUT2D eigenvalue weighted by Crippen LogP contribution is -2.52. The van der Waals surface area contributed by atoms with E-state index >= 15 is 0 Å². The van der Waals surface area contributed by atoms with Crippen LogP contribution in [0.3, 0.4) is 0 Å². The highest BCUT2D eigenvalue weighted by atomic mass is 16.5. The van der Waals surface area contributed by atoms with E-state index in [1.54, 1.807) is 0 Å². The minimum absolute atomic E-state index is 0.00296. The van der Waals surface area contributed by atoms with Gasteiger partial charge < -0.3 is 19.7 Å². The van der Waals surface area contributed by atoms with E-state index in [9.17, 15) is 9.59 Å². The summed E-state index contributed by atoms with van der Waals surface area (Å²) in [5.41, 5.74) is 3.56. The van der Waals surface area contributed by atoms with Gasteiger partial charge in [-0.1, -0.05) is 44.9 Å². The van der Waals surface area contributed by atoms with E-state index in [1.807, 2.05) is 55.1 Å². The molecule has 1 saturated carbocycles. The summed E-state index contributed by atoms with van der Waals surface area (Å²) in [4.78, 5) is 29.7. The highest BCUT2D eigenvalue weighted by Gasteiger charge is 2.47. The topological polar surface area (TPSA) is 67.9 Å². The molecule has 6 nitrogen and oxygen atoms in total. The van der Waals surface area contributed by atoms with Crippen LogP contribution in [-0.2, 0) is 11.2 Å². The summed E-state index contributed by atoms with van der Waals surface area (Å²) in [5, 5.41) is 3.43. The van der Waals surface area contributed by atoms with Gasteiger partial charge in [-0.15, -0.1) is 0 Å². The third kappa shape index (κ3) is 4.25. The van der Waals surface area contributed by atoms with Crippen molar-refractivity contribution < 1.29 is 19.1 Å². The van der Waals surface area contributed by atoms with Crippen LogP contribution in [0.2, 0.25) is 0 Å². The zero-order chi connectivity index (χ0) is 25.4. The van der Waals surface area contributed by atoms with Gasteiger partial charge in [-0.25, -0.2) is 0 Å². The second-order valence-corrected chi connectivity index (χ2v) is 10.5. The zero-order valence-corrected chi connectivity index (χ0v) is 21.9. The molecule has 2 amide bonds. The van der Waals surface area contributed by atoms with Gasteiger partial charge in [0.1, 0.15) is 0 Å². The van der Waals surface area contributed by atoms with Gasteiger partial charge in [-0.2, -0.15) is 0 Å².